The van der Waals surface area contributed by atoms with Crippen LogP contribution in [0.3, 0.4) is 0 Å². The Bertz CT molecular complexity index is 1270. The van der Waals surface area contributed by atoms with Crippen molar-refractivity contribution in [3.63, 3.8) is 0 Å². The molecule has 0 radical (unpaired) electrons. The Morgan fingerprint density at radius 3 is 2.61 bits per heavy atom. The van der Waals surface area contributed by atoms with Gasteiger partial charge < -0.3 is 15.3 Å². The minimum atomic E-state index is -0.825. The highest BCUT2D eigenvalue weighted by Gasteiger charge is 2.23. The molecule has 3 aromatic rings. The average molecular weight is 493 g/mol. The van der Waals surface area contributed by atoms with Gasteiger partial charge in [0.05, 0.1) is 12.6 Å². The van der Waals surface area contributed by atoms with Gasteiger partial charge in [-0.1, -0.05) is 35.7 Å². The summed E-state index contributed by atoms with van der Waals surface area (Å²) >= 11 is 0. The number of hydrogen-bond donors (Lipinski definition) is 2. The fraction of sp³-hybridized carbons (Fsp3) is 0.357. The minimum Gasteiger partial charge on any atom is -0.508 e. The number of halogens is 2. The number of phenols is 1. The van der Waals surface area contributed by atoms with Crippen LogP contribution in [-0.4, -0.2) is 52.5 Å². The number of piperidine rings is 1. The smallest absolute Gasteiger partial charge is 0.272 e. The number of alkyl halides is 1. The van der Waals surface area contributed by atoms with E-state index in [9.17, 15) is 18.7 Å². The molecule has 6 nitrogen and oxygen atoms in total. The monoisotopic (exact) mass is 492 g/mol. The standard InChI is InChI=1S/C28H30F2N4O2/c1-19-3-6-21(7-4-19)27(24-17-22(30)8-10-26(24)35)31-28(36)25-18-23(34(32-25)16-13-29)9-5-20-11-14-33(2)15-12-20/h3-4,6-8,10,17-18,20,27,35H,11-16H2,1-2H3,(H,31,36). The van der Waals surface area contributed by atoms with Crippen molar-refractivity contribution >= 4 is 5.91 Å². The van der Waals surface area contributed by atoms with Crippen LogP contribution in [0.4, 0.5) is 8.78 Å². The van der Waals surface area contributed by atoms with Gasteiger partial charge >= 0.3 is 0 Å². The molecule has 1 saturated heterocycles. The molecule has 0 spiro atoms. The fourth-order valence-corrected chi connectivity index (χ4v) is 4.27. The molecule has 1 atom stereocenters. The number of hydrogen-bond acceptors (Lipinski definition) is 4. The summed E-state index contributed by atoms with van der Waals surface area (Å²) in [6.07, 6.45) is 1.92. The summed E-state index contributed by atoms with van der Waals surface area (Å²) < 4.78 is 28.7. The summed E-state index contributed by atoms with van der Waals surface area (Å²) in [4.78, 5) is 15.5. The Morgan fingerprint density at radius 1 is 1.19 bits per heavy atom. The predicted octanol–water partition coefficient (Wildman–Crippen LogP) is 4.22. The second kappa shape index (κ2) is 11.4. The van der Waals surface area contributed by atoms with Gasteiger partial charge in [0.2, 0.25) is 0 Å². The molecule has 0 bridgehead atoms. The molecular formula is C28H30F2N4O2. The van der Waals surface area contributed by atoms with Crippen LogP contribution in [0.15, 0.2) is 48.5 Å². The van der Waals surface area contributed by atoms with E-state index in [1.807, 2.05) is 31.2 Å². The first-order chi connectivity index (χ1) is 17.3. The van der Waals surface area contributed by atoms with Gasteiger partial charge in [-0.15, -0.1) is 0 Å². The predicted molar refractivity (Wildman–Crippen MR) is 134 cm³/mol. The third kappa shape index (κ3) is 6.10. The molecule has 4 rings (SSSR count). The maximum Gasteiger partial charge on any atom is 0.272 e. The Labute approximate surface area is 209 Å². The van der Waals surface area contributed by atoms with Crippen LogP contribution in [0.2, 0.25) is 0 Å². The van der Waals surface area contributed by atoms with Crippen molar-refractivity contribution in [2.45, 2.75) is 32.4 Å². The largest absolute Gasteiger partial charge is 0.508 e. The van der Waals surface area contributed by atoms with Gasteiger partial charge in [-0.05, 0) is 69.6 Å². The molecule has 2 heterocycles. The van der Waals surface area contributed by atoms with E-state index in [4.69, 9.17) is 0 Å². The molecule has 1 aliphatic heterocycles. The van der Waals surface area contributed by atoms with Crippen molar-refractivity contribution in [2.75, 3.05) is 26.8 Å². The first-order valence-electron chi connectivity index (χ1n) is 12.0. The quantitative estimate of drug-likeness (QED) is 0.506. The van der Waals surface area contributed by atoms with Crippen molar-refractivity contribution in [3.05, 3.63) is 82.4 Å². The number of aromatic hydroxyl groups is 1. The minimum absolute atomic E-state index is 0.0171. The van der Waals surface area contributed by atoms with Crippen LogP contribution < -0.4 is 5.32 Å². The lowest BCUT2D eigenvalue weighted by Crippen LogP contribution is -2.30. The van der Waals surface area contributed by atoms with Crippen molar-refractivity contribution < 1.29 is 18.7 Å². The highest BCUT2D eigenvalue weighted by molar-refractivity contribution is 5.93. The fourth-order valence-electron chi connectivity index (χ4n) is 4.27. The van der Waals surface area contributed by atoms with Crippen LogP contribution in [0.5, 0.6) is 5.75 Å². The molecule has 36 heavy (non-hydrogen) atoms. The molecule has 0 saturated carbocycles. The first kappa shape index (κ1) is 25.4. The topological polar surface area (TPSA) is 70.4 Å². The summed E-state index contributed by atoms with van der Waals surface area (Å²) in [6.45, 7) is 3.22. The zero-order valence-electron chi connectivity index (χ0n) is 20.5. The lowest BCUT2D eigenvalue weighted by molar-refractivity contribution is 0.0936. The van der Waals surface area contributed by atoms with Crippen molar-refractivity contribution in [2.24, 2.45) is 5.92 Å². The van der Waals surface area contributed by atoms with E-state index in [0.29, 0.717) is 11.3 Å². The molecule has 1 unspecified atom stereocenters. The lowest BCUT2D eigenvalue weighted by atomic mass is 9.96. The highest BCUT2D eigenvalue weighted by Crippen LogP contribution is 2.30. The van der Waals surface area contributed by atoms with Crippen molar-refractivity contribution in [3.8, 4) is 17.6 Å². The van der Waals surface area contributed by atoms with Crippen LogP contribution in [0, 0.1) is 30.5 Å². The van der Waals surface area contributed by atoms with E-state index in [0.717, 1.165) is 37.6 Å². The lowest BCUT2D eigenvalue weighted by Gasteiger charge is -2.25. The SMILES string of the molecule is Cc1ccc(C(NC(=O)c2cc(C#CC3CCN(C)CC3)n(CCF)n2)c2cc(F)ccc2O)cc1. The number of aryl methyl sites for hydroxylation is 2. The van der Waals surface area contributed by atoms with Gasteiger partial charge in [0.1, 0.15) is 23.9 Å². The van der Waals surface area contributed by atoms with Gasteiger partial charge in [-0.25, -0.2) is 8.78 Å². The van der Waals surface area contributed by atoms with E-state index >= 15 is 0 Å². The Kier molecular flexibility index (Phi) is 8.01. The molecule has 2 N–H and O–H groups in total. The number of benzene rings is 2. The summed E-state index contributed by atoms with van der Waals surface area (Å²) in [7, 11) is 2.08. The van der Waals surface area contributed by atoms with Gasteiger partial charge in [0, 0.05) is 17.5 Å². The molecular weight excluding hydrogens is 462 g/mol. The highest BCUT2D eigenvalue weighted by atomic mass is 19.1. The molecule has 1 aliphatic rings. The molecule has 8 heteroatoms. The molecule has 1 amide bonds. The molecule has 1 fully saturated rings. The molecule has 0 aliphatic carbocycles. The number of aromatic nitrogens is 2. The zero-order chi connectivity index (χ0) is 25.7. The normalized spacial score (nSPS) is 15.2. The van der Waals surface area contributed by atoms with Crippen molar-refractivity contribution in [1.82, 2.24) is 20.0 Å². The Hall–Kier alpha value is -3.70. The van der Waals surface area contributed by atoms with Gasteiger partial charge in [-0.3, -0.25) is 9.48 Å². The second-order valence-electron chi connectivity index (χ2n) is 9.19. The Balaban J connectivity index is 1.62. The number of phenolic OH excluding ortho intramolecular Hbond substituents is 1. The second-order valence-corrected chi connectivity index (χ2v) is 9.19. The van der Waals surface area contributed by atoms with Gasteiger partial charge in [0.25, 0.3) is 5.91 Å². The number of carbonyl (C=O) groups is 1. The van der Waals surface area contributed by atoms with E-state index < -0.39 is 24.4 Å². The van der Waals surface area contributed by atoms with E-state index in [-0.39, 0.29) is 29.5 Å². The number of nitrogens with one attached hydrogen (secondary N) is 1. The van der Waals surface area contributed by atoms with Gasteiger partial charge in [-0.2, -0.15) is 5.10 Å². The summed E-state index contributed by atoms with van der Waals surface area (Å²) in [6, 6.07) is 11.7. The van der Waals surface area contributed by atoms with Crippen LogP contribution in [-0.2, 0) is 6.54 Å². The van der Waals surface area contributed by atoms with Gasteiger partial charge in [0.15, 0.2) is 5.69 Å². The van der Waals surface area contributed by atoms with Crippen LogP contribution >= 0.6 is 0 Å². The average Bonchev–Trinajstić information content (AvgIpc) is 3.27. The number of rotatable bonds is 6. The first-order valence-corrected chi connectivity index (χ1v) is 12.0. The zero-order valence-corrected chi connectivity index (χ0v) is 20.5. The molecule has 1 aromatic heterocycles. The van der Waals surface area contributed by atoms with E-state index in [1.165, 1.54) is 16.8 Å². The molecule has 2 aromatic carbocycles. The van der Waals surface area contributed by atoms with E-state index in [2.05, 4.69) is 34.2 Å². The molecule has 188 valence electrons. The summed E-state index contributed by atoms with van der Waals surface area (Å²) in [5.41, 5.74) is 2.45. The van der Waals surface area contributed by atoms with Crippen LogP contribution in [0.1, 0.15) is 51.8 Å². The number of carbonyl (C=O) groups excluding carboxylic acids is 1. The summed E-state index contributed by atoms with van der Waals surface area (Å²) in [5, 5.41) is 17.6. The van der Waals surface area contributed by atoms with Crippen LogP contribution in [0.25, 0.3) is 0 Å². The third-order valence-corrected chi connectivity index (χ3v) is 6.42. The van der Waals surface area contributed by atoms with Crippen molar-refractivity contribution in [1.29, 1.82) is 0 Å². The summed E-state index contributed by atoms with van der Waals surface area (Å²) in [5.74, 6) is 5.38. The number of nitrogens with zero attached hydrogens (tertiary/aromatic N) is 3. The number of likely N-dealkylation sites (tertiary alicyclic amines) is 1. The maximum absolute atomic E-state index is 14.1. The number of amides is 1. The maximum atomic E-state index is 14.1. The third-order valence-electron chi connectivity index (χ3n) is 6.42. The Morgan fingerprint density at radius 2 is 1.92 bits per heavy atom. The van der Waals surface area contributed by atoms with E-state index in [1.54, 1.807) is 6.07 Å².